The second kappa shape index (κ2) is 5.07. The van der Waals surface area contributed by atoms with Gasteiger partial charge in [-0.3, -0.25) is 0 Å². The summed E-state index contributed by atoms with van der Waals surface area (Å²) < 4.78 is 5.57. The maximum absolute atomic E-state index is 10.6. The molecule has 0 bridgehead atoms. The van der Waals surface area contributed by atoms with Crippen LogP contribution in [0.15, 0.2) is 6.07 Å². The van der Waals surface area contributed by atoms with Gasteiger partial charge in [0, 0.05) is 5.56 Å². The molecule has 0 radical (unpaired) electrons. The second-order valence-electron chi connectivity index (χ2n) is 7.22. The Bertz CT molecular complexity index is 460. The molecule has 0 unspecified atom stereocenters. The van der Waals surface area contributed by atoms with Crippen LogP contribution >= 0.6 is 0 Å². The lowest BCUT2D eigenvalue weighted by Gasteiger charge is -2.33. The van der Waals surface area contributed by atoms with Gasteiger partial charge in [-0.15, -0.1) is 0 Å². The van der Waals surface area contributed by atoms with Crippen LogP contribution in [0.2, 0.25) is 0 Å². The molecular formula is C17H28O2. The van der Waals surface area contributed by atoms with Crippen LogP contribution in [0.25, 0.3) is 0 Å². The number of benzene rings is 1. The molecule has 2 nitrogen and oxygen atoms in total. The van der Waals surface area contributed by atoms with Gasteiger partial charge in [0.25, 0.3) is 0 Å². The molecule has 19 heavy (non-hydrogen) atoms. The van der Waals surface area contributed by atoms with E-state index in [1.807, 2.05) is 13.0 Å². The highest BCUT2D eigenvalue weighted by Crippen LogP contribution is 2.45. The van der Waals surface area contributed by atoms with Crippen molar-refractivity contribution < 1.29 is 9.84 Å². The second-order valence-corrected chi connectivity index (χ2v) is 7.22. The molecule has 0 aromatic heterocycles. The third-order valence-corrected chi connectivity index (χ3v) is 3.26. The van der Waals surface area contributed by atoms with Gasteiger partial charge in [0.1, 0.15) is 0 Å². The number of aromatic hydroxyl groups is 1. The van der Waals surface area contributed by atoms with Gasteiger partial charge in [0.2, 0.25) is 0 Å². The van der Waals surface area contributed by atoms with E-state index in [0.29, 0.717) is 18.1 Å². The fraction of sp³-hybridized carbons (Fsp3) is 0.647. The highest BCUT2D eigenvalue weighted by molar-refractivity contribution is 5.58. The standard InChI is InChI=1S/C17H28O2/c1-9-19-12-10-11(2)13(16(3,4)5)14(15(12)18)17(6,7)8/h10,18H,9H2,1-8H3. The molecule has 1 N–H and O–H groups in total. The molecule has 0 amide bonds. The van der Waals surface area contributed by atoms with E-state index in [9.17, 15) is 5.11 Å². The molecule has 1 aromatic carbocycles. The minimum Gasteiger partial charge on any atom is -0.504 e. The van der Waals surface area contributed by atoms with Crippen molar-refractivity contribution in [1.82, 2.24) is 0 Å². The molecule has 0 fully saturated rings. The lowest BCUT2D eigenvalue weighted by Crippen LogP contribution is -2.23. The van der Waals surface area contributed by atoms with Gasteiger partial charge in [-0.2, -0.15) is 0 Å². The predicted molar refractivity (Wildman–Crippen MR) is 81.4 cm³/mol. The molecule has 0 spiro atoms. The lowest BCUT2D eigenvalue weighted by atomic mass is 9.73. The Morgan fingerprint density at radius 1 is 1.00 bits per heavy atom. The maximum atomic E-state index is 10.6. The van der Waals surface area contributed by atoms with Gasteiger partial charge in [0.15, 0.2) is 11.5 Å². The van der Waals surface area contributed by atoms with Gasteiger partial charge in [-0.05, 0) is 41.9 Å². The van der Waals surface area contributed by atoms with Crippen molar-refractivity contribution in [3.05, 3.63) is 22.8 Å². The summed E-state index contributed by atoms with van der Waals surface area (Å²) in [6.45, 7) is 17.5. The van der Waals surface area contributed by atoms with Crippen molar-refractivity contribution in [1.29, 1.82) is 0 Å². The quantitative estimate of drug-likeness (QED) is 0.839. The van der Waals surface area contributed by atoms with E-state index in [2.05, 4.69) is 48.5 Å². The summed E-state index contributed by atoms with van der Waals surface area (Å²) in [5.41, 5.74) is 3.28. The maximum Gasteiger partial charge on any atom is 0.161 e. The van der Waals surface area contributed by atoms with E-state index in [4.69, 9.17) is 4.74 Å². The number of ether oxygens (including phenoxy) is 1. The highest BCUT2D eigenvalue weighted by Gasteiger charge is 2.31. The van der Waals surface area contributed by atoms with E-state index < -0.39 is 0 Å². The summed E-state index contributed by atoms with van der Waals surface area (Å²) in [6, 6.07) is 1.95. The zero-order chi connectivity index (χ0) is 15.0. The van der Waals surface area contributed by atoms with Crippen molar-refractivity contribution in [2.24, 2.45) is 0 Å². The Hall–Kier alpha value is -1.18. The summed E-state index contributed by atoms with van der Waals surface area (Å²) in [5, 5.41) is 10.6. The Morgan fingerprint density at radius 3 is 1.84 bits per heavy atom. The van der Waals surface area contributed by atoms with Crippen LogP contribution in [0.1, 0.15) is 65.2 Å². The van der Waals surface area contributed by atoms with Crippen LogP contribution in [-0.4, -0.2) is 11.7 Å². The molecule has 108 valence electrons. The number of hydrogen-bond donors (Lipinski definition) is 1. The number of rotatable bonds is 2. The Kier molecular flexibility index (Phi) is 4.23. The first kappa shape index (κ1) is 15.9. The smallest absolute Gasteiger partial charge is 0.161 e. The molecule has 0 aliphatic heterocycles. The van der Waals surface area contributed by atoms with Crippen LogP contribution < -0.4 is 4.74 Å². The number of phenolic OH excluding ortho intramolecular Hbond substituents is 1. The summed E-state index contributed by atoms with van der Waals surface area (Å²) in [4.78, 5) is 0. The number of phenols is 1. The third-order valence-electron chi connectivity index (χ3n) is 3.26. The molecule has 2 heteroatoms. The summed E-state index contributed by atoms with van der Waals surface area (Å²) in [7, 11) is 0. The highest BCUT2D eigenvalue weighted by atomic mass is 16.5. The minimum absolute atomic E-state index is 0.00504. The largest absolute Gasteiger partial charge is 0.504 e. The SMILES string of the molecule is CCOc1cc(C)c(C(C)(C)C)c(C(C)(C)C)c1O. The fourth-order valence-electron chi connectivity index (χ4n) is 2.74. The molecule has 0 saturated carbocycles. The van der Waals surface area contributed by atoms with Crippen LogP contribution in [0.4, 0.5) is 0 Å². The van der Waals surface area contributed by atoms with Gasteiger partial charge >= 0.3 is 0 Å². The first-order chi connectivity index (χ1) is 8.50. The Balaban J connectivity index is 3.70. The van der Waals surface area contributed by atoms with Gasteiger partial charge in [0.05, 0.1) is 6.61 Å². The summed E-state index contributed by atoms with van der Waals surface area (Å²) in [6.07, 6.45) is 0. The fourth-order valence-corrected chi connectivity index (χ4v) is 2.74. The van der Waals surface area contributed by atoms with Crippen molar-refractivity contribution in [3.8, 4) is 11.5 Å². The van der Waals surface area contributed by atoms with Crippen LogP contribution in [0, 0.1) is 6.92 Å². The van der Waals surface area contributed by atoms with Crippen LogP contribution in [-0.2, 0) is 10.8 Å². The molecular weight excluding hydrogens is 236 g/mol. The minimum atomic E-state index is -0.120. The van der Waals surface area contributed by atoms with Crippen LogP contribution in [0.5, 0.6) is 11.5 Å². The molecule has 1 rings (SSSR count). The Labute approximate surface area is 117 Å². The first-order valence-electron chi connectivity index (χ1n) is 7.00. The number of aryl methyl sites for hydroxylation is 1. The average molecular weight is 264 g/mol. The van der Waals surface area contributed by atoms with E-state index >= 15 is 0 Å². The van der Waals surface area contributed by atoms with Gasteiger partial charge in [-0.1, -0.05) is 41.5 Å². The molecule has 0 atom stereocenters. The molecule has 0 aliphatic carbocycles. The monoisotopic (exact) mass is 264 g/mol. The number of hydrogen-bond acceptors (Lipinski definition) is 2. The van der Waals surface area contributed by atoms with Gasteiger partial charge < -0.3 is 9.84 Å². The summed E-state index contributed by atoms with van der Waals surface area (Å²) in [5.74, 6) is 0.891. The van der Waals surface area contributed by atoms with E-state index in [1.165, 1.54) is 11.1 Å². The van der Waals surface area contributed by atoms with E-state index in [0.717, 1.165) is 5.56 Å². The van der Waals surface area contributed by atoms with Crippen LogP contribution in [0.3, 0.4) is 0 Å². The molecule has 0 heterocycles. The van der Waals surface area contributed by atoms with Crippen molar-refractivity contribution in [2.45, 2.75) is 66.2 Å². The predicted octanol–water partition coefficient (Wildman–Crippen LogP) is 4.69. The van der Waals surface area contributed by atoms with Crippen molar-refractivity contribution in [3.63, 3.8) is 0 Å². The first-order valence-corrected chi connectivity index (χ1v) is 7.00. The Morgan fingerprint density at radius 2 is 1.47 bits per heavy atom. The molecule has 0 saturated heterocycles. The molecule has 1 aromatic rings. The third kappa shape index (κ3) is 3.23. The zero-order valence-corrected chi connectivity index (χ0v) is 13.6. The van der Waals surface area contributed by atoms with E-state index in [-0.39, 0.29) is 10.8 Å². The van der Waals surface area contributed by atoms with E-state index in [1.54, 1.807) is 0 Å². The summed E-state index contributed by atoms with van der Waals surface area (Å²) >= 11 is 0. The normalized spacial score (nSPS) is 12.6. The van der Waals surface area contributed by atoms with Gasteiger partial charge in [-0.25, -0.2) is 0 Å². The zero-order valence-electron chi connectivity index (χ0n) is 13.6. The lowest BCUT2D eigenvalue weighted by molar-refractivity contribution is 0.312. The topological polar surface area (TPSA) is 29.5 Å². The average Bonchev–Trinajstić information content (AvgIpc) is 2.19. The van der Waals surface area contributed by atoms with Crippen molar-refractivity contribution >= 4 is 0 Å². The molecule has 0 aliphatic rings. The van der Waals surface area contributed by atoms with Crippen molar-refractivity contribution in [2.75, 3.05) is 6.61 Å².